The molecule has 0 aliphatic carbocycles. The number of carboxylic acids is 1. The lowest BCUT2D eigenvalue weighted by molar-refractivity contribution is -0.144. The number of pyridine rings is 1. The first-order chi connectivity index (χ1) is 16.3. The van der Waals surface area contributed by atoms with E-state index in [1.54, 1.807) is 36.4 Å². The highest BCUT2D eigenvalue weighted by Gasteiger charge is 2.60. The molecule has 0 saturated carbocycles. The number of rotatable bonds is 5. The van der Waals surface area contributed by atoms with Crippen LogP contribution in [0.2, 0.25) is 0 Å². The Labute approximate surface area is 194 Å². The van der Waals surface area contributed by atoms with E-state index in [0.29, 0.717) is 11.1 Å². The van der Waals surface area contributed by atoms with Gasteiger partial charge in [0.15, 0.2) is 0 Å². The van der Waals surface area contributed by atoms with Crippen LogP contribution in [0.5, 0.6) is 0 Å². The van der Waals surface area contributed by atoms with Crippen LogP contribution >= 0.6 is 0 Å². The molecule has 0 radical (unpaired) electrons. The quantitative estimate of drug-likeness (QED) is 0.573. The minimum absolute atomic E-state index is 0.159. The Balaban J connectivity index is 1.73. The topological polar surface area (TPSA) is 117 Å². The summed E-state index contributed by atoms with van der Waals surface area (Å²) in [7, 11) is -4.49. The van der Waals surface area contributed by atoms with Crippen LogP contribution in [0.15, 0.2) is 76.4 Å². The normalized spacial score (nSPS) is 24.1. The molecule has 1 saturated heterocycles. The highest BCUT2D eigenvalue weighted by atomic mass is 32.2. The number of sulfonamides is 1. The first-order valence-corrected chi connectivity index (χ1v) is 12.1. The number of fused-ring (bicyclic) bond motifs is 4. The Morgan fingerprint density at radius 3 is 2.35 bits per heavy atom. The maximum atomic E-state index is 14.5. The molecule has 2 aliphatic rings. The maximum absolute atomic E-state index is 14.5. The summed E-state index contributed by atoms with van der Waals surface area (Å²) in [6.07, 6.45) is 0. The van der Waals surface area contributed by atoms with Gasteiger partial charge in [0.25, 0.3) is 5.56 Å². The van der Waals surface area contributed by atoms with Gasteiger partial charge >= 0.3 is 5.97 Å². The first kappa shape index (κ1) is 22.5. The lowest BCUT2D eigenvalue weighted by atomic mass is 9.87. The highest BCUT2D eigenvalue weighted by molar-refractivity contribution is 7.89. The van der Waals surface area contributed by atoms with Gasteiger partial charge in [0.05, 0.1) is 12.0 Å². The van der Waals surface area contributed by atoms with E-state index >= 15 is 0 Å². The SMILES string of the molecule is O=C(O)[C@H]1[C@H](CO)[C@H]2Cn3c(ccc(-c4ccccc4)c3=O)[C@@H]1N2S(=O)(=O)c1ccccc1F. The summed E-state index contributed by atoms with van der Waals surface area (Å²) in [6, 6.07) is 14.6. The Morgan fingerprint density at radius 2 is 1.71 bits per heavy atom. The molecule has 0 unspecified atom stereocenters. The molecule has 10 heteroatoms. The predicted molar refractivity (Wildman–Crippen MR) is 120 cm³/mol. The van der Waals surface area contributed by atoms with E-state index in [4.69, 9.17) is 0 Å². The number of aliphatic carboxylic acids is 1. The molecule has 34 heavy (non-hydrogen) atoms. The molecule has 3 aromatic rings. The molecular formula is C24H21FN2O6S. The number of hydrogen-bond donors (Lipinski definition) is 2. The summed E-state index contributed by atoms with van der Waals surface area (Å²) in [5, 5.41) is 20.1. The average molecular weight is 485 g/mol. The van der Waals surface area contributed by atoms with Crippen molar-refractivity contribution in [2.75, 3.05) is 6.61 Å². The van der Waals surface area contributed by atoms with E-state index in [-0.39, 0.29) is 17.8 Å². The molecule has 2 N–H and O–H groups in total. The van der Waals surface area contributed by atoms with E-state index < -0.39 is 57.2 Å². The molecule has 3 heterocycles. The summed E-state index contributed by atoms with van der Waals surface area (Å²) in [6.45, 7) is -0.760. The lowest BCUT2D eigenvalue weighted by Crippen LogP contribution is -2.49. The van der Waals surface area contributed by atoms with E-state index in [1.165, 1.54) is 16.7 Å². The molecule has 0 spiro atoms. The van der Waals surface area contributed by atoms with Gasteiger partial charge < -0.3 is 14.8 Å². The van der Waals surface area contributed by atoms with E-state index in [9.17, 15) is 32.6 Å². The monoisotopic (exact) mass is 484 g/mol. The fourth-order valence-corrected chi connectivity index (χ4v) is 7.18. The van der Waals surface area contributed by atoms with E-state index in [0.717, 1.165) is 16.4 Å². The van der Waals surface area contributed by atoms with Gasteiger partial charge in [0, 0.05) is 36.4 Å². The van der Waals surface area contributed by atoms with Gasteiger partial charge in [-0.25, -0.2) is 12.8 Å². The number of halogens is 1. The average Bonchev–Trinajstić information content (AvgIpc) is 3.08. The number of hydrogen-bond acceptors (Lipinski definition) is 5. The number of aliphatic hydroxyl groups is 1. The summed E-state index contributed by atoms with van der Waals surface area (Å²) in [5.41, 5.74) is 0.875. The van der Waals surface area contributed by atoms with Crippen molar-refractivity contribution in [1.82, 2.24) is 8.87 Å². The zero-order valence-electron chi connectivity index (χ0n) is 17.8. The zero-order valence-corrected chi connectivity index (χ0v) is 18.6. The smallest absolute Gasteiger partial charge is 0.308 e. The molecule has 0 amide bonds. The number of nitrogens with zero attached hydrogens (tertiary/aromatic N) is 2. The minimum Gasteiger partial charge on any atom is -0.481 e. The summed E-state index contributed by atoms with van der Waals surface area (Å²) >= 11 is 0. The maximum Gasteiger partial charge on any atom is 0.308 e. The molecule has 176 valence electrons. The number of carboxylic acid groups (broad SMARTS) is 1. The second-order valence-corrected chi connectivity index (χ2v) is 10.3. The Morgan fingerprint density at radius 1 is 1.03 bits per heavy atom. The lowest BCUT2D eigenvalue weighted by Gasteiger charge is -2.37. The molecule has 1 aromatic heterocycles. The van der Waals surface area contributed by atoms with Crippen molar-refractivity contribution in [3.63, 3.8) is 0 Å². The van der Waals surface area contributed by atoms with Crippen molar-refractivity contribution < 1.29 is 27.8 Å². The Kier molecular flexibility index (Phi) is 5.38. The third-order valence-corrected chi connectivity index (χ3v) is 8.69. The predicted octanol–water partition coefficient (Wildman–Crippen LogP) is 2.09. The molecule has 2 bridgehead atoms. The molecule has 5 rings (SSSR count). The van der Waals surface area contributed by atoms with Crippen molar-refractivity contribution in [1.29, 1.82) is 0 Å². The zero-order chi connectivity index (χ0) is 24.2. The second-order valence-electron chi connectivity index (χ2n) is 8.44. The summed E-state index contributed by atoms with van der Waals surface area (Å²) in [5.74, 6) is -4.55. The fourth-order valence-electron chi connectivity index (χ4n) is 5.27. The van der Waals surface area contributed by atoms with Crippen LogP contribution in [-0.2, 0) is 21.4 Å². The van der Waals surface area contributed by atoms with Gasteiger partial charge in [-0.05, 0) is 29.8 Å². The van der Waals surface area contributed by atoms with Gasteiger partial charge in [0.2, 0.25) is 10.0 Å². The summed E-state index contributed by atoms with van der Waals surface area (Å²) < 4.78 is 44.1. The van der Waals surface area contributed by atoms with Crippen molar-refractivity contribution in [3.05, 3.63) is 88.6 Å². The Bertz CT molecular complexity index is 1440. The number of aliphatic hydroxyl groups excluding tert-OH is 1. The van der Waals surface area contributed by atoms with Gasteiger partial charge in [0.1, 0.15) is 10.7 Å². The largest absolute Gasteiger partial charge is 0.481 e. The second kappa shape index (κ2) is 8.15. The summed E-state index contributed by atoms with van der Waals surface area (Å²) in [4.78, 5) is 25.1. The third kappa shape index (κ3) is 3.21. The van der Waals surface area contributed by atoms with Gasteiger partial charge in [-0.3, -0.25) is 9.59 Å². The van der Waals surface area contributed by atoms with Crippen molar-refractivity contribution >= 4 is 16.0 Å². The van der Waals surface area contributed by atoms with Crippen LogP contribution < -0.4 is 5.56 Å². The van der Waals surface area contributed by atoms with Crippen LogP contribution in [0.1, 0.15) is 11.7 Å². The molecule has 4 atom stereocenters. The number of benzene rings is 2. The molecule has 2 aromatic carbocycles. The molecular weight excluding hydrogens is 463 g/mol. The van der Waals surface area contributed by atoms with Crippen molar-refractivity contribution in [3.8, 4) is 11.1 Å². The fraction of sp³-hybridized carbons (Fsp3) is 0.250. The van der Waals surface area contributed by atoms with Crippen molar-refractivity contribution in [2.45, 2.75) is 23.5 Å². The van der Waals surface area contributed by atoms with Crippen LogP contribution in [0, 0.1) is 17.7 Å². The van der Waals surface area contributed by atoms with Gasteiger partial charge in [-0.2, -0.15) is 4.31 Å². The number of carbonyl (C=O) groups is 1. The van der Waals surface area contributed by atoms with Gasteiger partial charge in [-0.1, -0.05) is 42.5 Å². The van der Waals surface area contributed by atoms with Gasteiger partial charge in [-0.15, -0.1) is 0 Å². The number of aromatic nitrogens is 1. The van der Waals surface area contributed by atoms with Crippen LogP contribution in [0.4, 0.5) is 4.39 Å². The van der Waals surface area contributed by atoms with E-state index in [2.05, 4.69) is 0 Å². The molecule has 2 aliphatic heterocycles. The molecule has 8 nitrogen and oxygen atoms in total. The van der Waals surface area contributed by atoms with Crippen molar-refractivity contribution in [2.24, 2.45) is 11.8 Å². The highest BCUT2D eigenvalue weighted by Crippen LogP contribution is 2.51. The van der Waals surface area contributed by atoms with Crippen LogP contribution in [0.25, 0.3) is 11.1 Å². The van der Waals surface area contributed by atoms with Crippen LogP contribution in [-0.4, -0.2) is 46.1 Å². The third-order valence-electron chi connectivity index (χ3n) is 6.75. The van der Waals surface area contributed by atoms with Crippen LogP contribution in [0.3, 0.4) is 0 Å². The molecule has 1 fully saturated rings. The first-order valence-electron chi connectivity index (χ1n) is 10.7. The Hall–Kier alpha value is -3.34. The standard InChI is InChI=1S/C24H21FN2O6S/c25-17-8-4-5-9-20(17)34(32,33)27-19-12-26-18(22(27)21(24(30)31)16(19)13-28)11-10-15(23(26)29)14-6-2-1-3-7-14/h1-11,16,19,21-22,28H,12-13H2,(H,30,31)/t16-,19-,21+,22+/m1/s1. The van der Waals surface area contributed by atoms with E-state index in [1.807, 2.05) is 6.07 Å². The minimum atomic E-state index is -4.49.